The maximum atomic E-state index is 13.6. The molecule has 0 aromatic heterocycles. The van der Waals surface area contributed by atoms with Gasteiger partial charge in [0.15, 0.2) is 17.5 Å². The van der Waals surface area contributed by atoms with Crippen molar-refractivity contribution in [2.24, 2.45) is 5.92 Å². The number of nitrogens with zero attached hydrogens (tertiary/aromatic N) is 1. The van der Waals surface area contributed by atoms with Crippen LogP contribution in [0.2, 0.25) is 0 Å². The van der Waals surface area contributed by atoms with Crippen LogP contribution in [0.1, 0.15) is 26.7 Å². The molecule has 1 aromatic carbocycles. The molecule has 0 radical (unpaired) electrons. The first kappa shape index (κ1) is 18.1. The zero-order valence-electron chi connectivity index (χ0n) is 13.5. The fourth-order valence-electron chi connectivity index (χ4n) is 2.54. The van der Waals surface area contributed by atoms with Crippen LogP contribution in [0.3, 0.4) is 0 Å². The van der Waals surface area contributed by atoms with Gasteiger partial charge in [0.1, 0.15) is 0 Å². The number of anilines is 1. The van der Waals surface area contributed by atoms with Crippen LogP contribution in [-0.4, -0.2) is 36.0 Å². The van der Waals surface area contributed by atoms with Crippen LogP contribution in [0.15, 0.2) is 12.1 Å². The Balaban J connectivity index is 1.92. The molecule has 132 valence electrons. The monoisotopic (exact) mass is 343 g/mol. The van der Waals surface area contributed by atoms with Gasteiger partial charge >= 0.3 is 6.03 Å². The van der Waals surface area contributed by atoms with Gasteiger partial charge in [-0.2, -0.15) is 0 Å². The van der Waals surface area contributed by atoms with E-state index in [9.17, 15) is 22.8 Å². The van der Waals surface area contributed by atoms with Gasteiger partial charge in [-0.25, -0.2) is 18.0 Å². The lowest BCUT2D eigenvalue weighted by atomic mass is 9.96. The highest BCUT2D eigenvalue weighted by Gasteiger charge is 2.28. The zero-order chi connectivity index (χ0) is 17.9. The van der Waals surface area contributed by atoms with Gasteiger partial charge in [-0.05, 0) is 38.8 Å². The van der Waals surface area contributed by atoms with Crippen molar-refractivity contribution in [3.05, 3.63) is 29.6 Å². The second-order valence-corrected chi connectivity index (χ2v) is 6.08. The minimum absolute atomic E-state index is 0.0230. The Kier molecular flexibility index (Phi) is 5.69. The minimum atomic E-state index is -1.62. The van der Waals surface area contributed by atoms with Crippen molar-refractivity contribution in [1.29, 1.82) is 0 Å². The van der Waals surface area contributed by atoms with E-state index in [1.807, 2.05) is 13.8 Å². The molecule has 0 aliphatic carbocycles. The van der Waals surface area contributed by atoms with E-state index in [0.717, 1.165) is 12.1 Å². The molecule has 3 amide bonds. The number of nitrogens with one attached hydrogen (secondary N) is 2. The minimum Gasteiger partial charge on any atom is -0.336 e. The maximum Gasteiger partial charge on any atom is 0.317 e. The number of carbonyl (C=O) groups is 2. The molecule has 2 N–H and O–H groups in total. The number of likely N-dealkylation sites (tertiary alicyclic amines) is 1. The first-order valence-corrected chi connectivity index (χ1v) is 7.79. The summed E-state index contributed by atoms with van der Waals surface area (Å²) in [6.07, 6.45) is 0.839. The topological polar surface area (TPSA) is 61.4 Å². The number of carbonyl (C=O) groups excluding carboxylic acids is 2. The Bertz CT molecular complexity index is 629. The molecule has 1 fully saturated rings. The number of amides is 3. The second-order valence-electron chi connectivity index (χ2n) is 6.08. The summed E-state index contributed by atoms with van der Waals surface area (Å²) in [7, 11) is 0. The third-order valence-electron chi connectivity index (χ3n) is 3.86. The van der Waals surface area contributed by atoms with Gasteiger partial charge in [-0.3, -0.25) is 4.79 Å². The molecule has 0 spiro atoms. The summed E-state index contributed by atoms with van der Waals surface area (Å²) in [6.45, 7) is 4.51. The lowest BCUT2D eigenvalue weighted by molar-refractivity contribution is -0.121. The number of piperidine rings is 1. The molecule has 1 aliphatic heterocycles. The molecule has 1 saturated heterocycles. The Morgan fingerprint density at radius 2 is 1.75 bits per heavy atom. The summed E-state index contributed by atoms with van der Waals surface area (Å²) < 4.78 is 39.7. The molecule has 1 heterocycles. The predicted molar refractivity (Wildman–Crippen MR) is 82.9 cm³/mol. The smallest absolute Gasteiger partial charge is 0.317 e. The molecule has 1 aliphatic rings. The summed E-state index contributed by atoms with van der Waals surface area (Å²) in [5.41, 5.74) is -0.390. The molecule has 2 rings (SSSR count). The van der Waals surface area contributed by atoms with Gasteiger partial charge in [0.25, 0.3) is 0 Å². The molecule has 1 aromatic rings. The predicted octanol–water partition coefficient (Wildman–Crippen LogP) is 2.87. The van der Waals surface area contributed by atoms with Crippen molar-refractivity contribution in [3.63, 3.8) is 0 Å². The van der Waals surface area contributed by atoms with Crippen LogP contribution in [0.5, 0.6) is 0 Å². The third kappa shape index (κ3) is 4.18. The molecule has 0 bridgehead atoms. The molecule has 0 atom stereocenters. The summed E-state index contributed by atoms with van der Waals surface area (Å²) in [6, 6.07) is 1.58. The Labute approximate surface area is 138 Å². The van der Waals surface area contributed by atoms with Crippen molar-refractivity contribution in [2.45, 2.75) is 32.7 Å². The van der Waals surface area contributed by atoms with Crippen LogP contribution in [0.25, 0.3) is 0 Å². The van der Waals surface area contributed by atoms with E-state index in [4.69, 9.17) is 0 Å². The number of rotatable bonds is 3. The van der Waals surface area contributed by atoms with E-state index in [2.05, 4.69) is 10.6 Å². The van der Waals surface area contributed by atoms with Crippen molar-refractivity contribution < 1.29 is 22.8 Å². The standard InChI is InChI=1S/C16H20F3N3O2/c1-9(2)20-16(24)22-7-5-10(6-8-22)15(23)21-12-4-3-11(17)13(18)14(12)19/h3-4,9-10H,5-8H2,1-2H3,(H,20,24)(H,21,23). The van der Waals surface area contributed by atoms with E-state index in [0.29, 0.717) is 25.9 Å². The highest BCUT2D eigenvalue weighted by atomic mass is 19.2. The summed E-state index contributed by atoms with van der Waals surface area (Å²) in [5.74, 6) is -5.23. The van der Waals surface area contributed by atoms with Crippen LogP contribution in [0.4, 0.5) is 23.7 Å². The van der Waals surface area contributed by atoms with E-state index in [-0.39, 0.29) is 17.8 Å². The van der Waals surface area contributed by atoms with E-state index < -0.39 is 29.3 Å². The van der Waals surface area contributed by atoms with Gasteiger partial charge in [-0.1, -0.05) is 0 Å². The molecular formula is C16H20F3N3O2. The van der Waals surface area contributed by atoms with Crippen molar-refractivity contribution in [2.75, 3.05) is 18.4 Å². The van der Waals surface area contributed by atoms with Crippen molar-refractivity contribution in [1.82, 2.24) is 10.2 Å². The first-order chi connectivity index (χ1) is 11.3. The van der Waals surface area contributed by atoms with E-state index in [1.54, 1.807) is 4.90 Å². The number of hydrogen-bond donors (Lipinski definition) is 2. The van der Waals surface area contributed by atoms with Crippen LogP contribution in [0, 0.1) is 23.4 Å². The quantitative estimate of drug-likeness (QED) is 0.829. The lowest BCUT2D eigenvalue weighted by Gasteiger charge is -2.32. The Hall–Kier alpha value is -2.25. The summed E-state index contributed by atoms with van der Waals surface area (Å²) >= 11 is 0. The molecule has 5 nitrogen and oxygen atoms in total. The average molecular weight is 343 g/mol. The van der Waals surface area contributed by atoms with E-state index >= 15 is 0 Å². The summed E-state index contributed by atoms with van der Waals surface area (Å²) in [5, 5.41) is 5.06. The zero-order valence-corrected chi connectivity index (χ0v) is 13.5. The Morgan fingerprint density at radius 3 is 2.33 bits per heavy atom. The highest BCUT2D eigenvalue weighted by molar-refractivity contribution is 5.92. The number of hydrogen-bond acceptors (Lipinski definition) is 2. The normalized spacial score (nSPS) is 15.5. The van der Waals surface area contributed by atoms with Gasteiger partial charge in [0, 0.05) is 25.0 Å². The third-order valence-corrected chi connectivity index (χ3v) is 3.86. The first-order valence-electron chi connectivity index (χ1n) is 7.79. The van der Waals surface area contributed by atoms with Crippen molar-refractivity contribution >= 4 is 17.6 Å². The molecular weight excluding hydrogens is 323 g/mol. The summed E-state index contributed by atoms with van der Waals surface area (Å²) in [4.78, 5) is 25.6. The lowest BCUT2D eigenvalue weighted by Crippen LogP contribution is -2.47. The number of halogens is 3. The maximum absolute atomic E-state index is 13.6. The molecule has 0 saturated carbocycles. The van der Waals surface area contributed by atoms with Crippen LogP contribution < -0.4 is 10.6 Å². The van der Waals surface area contributed by atoms with E-state index in [1.165, 1.54) is 0 Å². The molecule has 0 unspecified atom stereocenters. The molecule has 8 heteroatoms. The number of benzene rings is 1. The average Bonchev–Trinajstić information content (AvgIpc) is 2.55. The SMILES string of the molecule is CC(C)NC(=O)N1CCC(C(=O)Nc2ccc(F)c(F)c2F)CC1. The van der Waals surface area contributed by atoms with Crippen LogP contribution in [-0.2, 0) is 4.79 Å². The van der Waals surface area contributed by atoms with Gasteiger partial charge in [-0.15, -0.1) is 0 Å². The second kappa shape index (κ2) is 7.55. The van der Waals surface area contributed by atoms with Gasteiger partial charge in [0.2, 0.25) is 5.91 Å². The molecule has 24 heavy (non-hydrogen) atoms. The Morgan fingerprint density at radius 1 is 1.12 bits per heavy atom. The number of urea groups is 1. The van der Waals surface area contributed by atoms with Gasteiger partial charge < -0.3 is 15.5 Å². The van der Waals surface area contributed by atoms with Gasteiger partial charge in [0.05, 0.1) is 5.69 Å². The van der Waals surface area contributed by atoms with Crippen molar-refractivity contribution in [3.8, 4) is 0 Å². The largest absolute Gasteiger partial charge is 0.336 e. The fraction of sp³-hybridized carbons (Fsp3) is 0.500. The highest BCUT2D eigenvalue weighted by Crippen LogP contribution is 2.23. The fourth-order valence-corrected chi connectivity index (χ4v) is 2.54. The van der Waals surface area contributed by atoms with Crippen LogP contribution >= 0.6 is 0 Å².